The Bertz CT molecular complexity index is 877. The highest BCUT2D eigenvalue weighted by atomic mass is 32.2. The van der Waals surface area contributed by atoms with Crippen molar-refractivity contribution in [2.45, 2.75) is 38.1 Å². The molecule has 2 aromatic rings. The Hall–Kier alpha value is -2.38. The van der Waals surface area contributed by atoms with E-state index in [2.05, 4.69) is 5.32 Å². The Labute approximate surface area is 161 Å². The SMILES string of the molecule is Cc1ccccc1OCCC(=O)Nc1ccc(S(=O)(=O)N(C)C(C)C)cc1. The van der Waals surface area contributed by atoms with Crippen LogP contribution >= 0.6 is 0 Å². The van der Waals surface area contributed by atoms with Crippen molar-refractivity contribution in [1.82, 2.24) is 4.31 Å². The van der Waals surface area contributed by atoms with Gasteiger partial charge >= 0.3 is 0 Å². The molecular weight excluding hydrogens is 364 g/mol. The number of aryl methyl sites for hydroxylation is 1. The van der Waals surface area contributed by atoms with Gasteiger partial charge in [0, 0.05) is 18.8 Å². The molecule has 0 atom stereocenters. The van der Waals surface area contributed by atoms with Gasteiger partial charge in [-0.05, 0) is 56.7 Å². The lowest BCUT2D eigenvalue weighted by Gasteiger charge is -2.21. The predicted octanol–water partition coefficient (Wildman–Crippen LogP) is 3.43. The molecule has 1 N–H and O–H groups in total. The van der Waals surface area contributed by atoms with Gasteiger partial charge in [-0.1, -0.05) is 18.2 Å². The maximum atomic E-state index is 12.4. The number of ether oxygens (including phenoxy) is 1. The molecule has 27 heavy (non-hydrogen) atoms. The third-order valence-corrected chi connectivity index (χ3v) is 6.27. The Kier molecular flexibility index (Phi) is 6.98. The summed E-state index contributed by atoms with van der Waals surface area (Å²) in [4.78, 5) is 12.2. The van der Waals surface area contributed by atoms with Gasteiger partial charge in [0.25, 0.3) is 0 Å². The Balaban J connectivity index is 1.90. The van der Waals surface area contributed by atoms with E-state index in [1.54, 1.807) is 19.2 Å². The summed E-state index contributed by atoms with van der Waals surface area (Å²) in [5, 5.41) is 2.75. The Morgan fingerprint density at radius 2 is 1.74 bits per heavy atom. The molecule has 0 saturated heterocycles. The highest BCUT2D eigenvalue weighted by molar-refractivity contribution is 7.89. The molecule has 0 spiro atoms. The van der Waals surface area contributed by atoms with Gasteiger partial charge in [-0.2, -0.15) is 4.31 Å². The number of amides is 1. The molecule has 1 amide bonds. The molecule has 0 aliphatic carbocycles. The van der Waals surface area contributed by atoms with Crippen molar-refractivity contribution in [2.24, 2.45) is 0 Å². The zero-order valence-corrected chi connectivity index (χ0v) is 16.9. The van der Waals surface area contributed by atoms with E-state index in [1.807, 2.05) is 45.0 Å². The predicted molar refractivity (Wildman–Crippen MR) is 106 cm³/mol. The number of rotatable bonds is 8. The minimum Gasteiger partial charge on any atom is -0.493 e. The lowest BCUT2D eigenvalue weighted by molar-refractivity contribution is -0.116. The van der Waals surface area contributed by atoms with Crippen LogP contribution in [0.3, 0.4) is 0 Å². The van der Waals surface area contributed by atoms with Crippen molar-refractivity contribution in [3.63, 3.8) is 0 Å². The summed E-state index contributed by atoms with van der Waals surface area (Å²) in [5.41, 5.74) is 1.56. The van der Waals surface area contributed by atoms with Crippen LogP contribution in [-0.2, 0) is 14.8 Å². The highest BCUT2D eigenvalue weighted by Gasteiger charge is 2.22. The van der Waals surface area contributed by atoms with Crippen LogP contribution < -0.4 is 10.1 Å². The maximum absolute atomic E-state index is 12.4. The monoisotopic (exact) mass is 390 g/mol. The molecule has 146 valence electrons. The van der Waals surface area contributed by atoms with Crippen LogP contribution in [-0.4, -0.2) is 38.3 Å². The summed E-state index contributed by atoms with van der Waals surface area (Å²) in [6, 6.07) is 13.6. The summed E-state index contributed by atoms with van der Waals surface area (Å²) in [6.07, 6.45) is 0.199. The summed E-state index contributed by atoms with van der Waals surface area (Å²) < 4.78 is 31.8. The van der Waals surface area contributed by atoms with Crippen LogP contribution in [0.25, 0.3) is 0 Å². The summed E-state index contributed by atoms with van der Waals surface area (Å²) in [5.74, 6) is 0.563. The lowest BCUT2D eigenvalue weighted by atomic mass is 10.2. The van der Waals surface area contributed by atoms with E-state index in [9.17, 15) is 13.2 Å². The molecule has 0 radical (unpaired) electrons. The number of nitrogens with one attached hydrogen (secondary N) is 1. The average Bonchev–Trinajstić information content (AvgIpc) is 2.63. The van der Waals surface area contributed by atoms with Crippen LogP contribution in [0.2, 0.25) is 0 Å². The van der Waals surface area contributed by atoms with E-state index in [1.165, 1.54) is 16.4 Å². The second-order valence-corrected chi connectivity index (χ2v) is 8.55. The first-order chi connectivity index (χ1) is 12.7. The topological polar surface area (TPSA) is 75.7 Å². The number of anilines is 1. The number of carbonyl (C=O) groups is 1. The van der Waals surface area contributed by atoms with E-state index in [0.29, 0.717) is 5.69 Å². The lowest BCUT2D eigenvalue weighted by Crippen LogP contribution is -2.33. The van der Waals surface area contributed by atoms with Gasteiger partial charge in [-0.25, -0.2) is 8.42 Å². The van der Waals surface area contributed by atoms with Gasteiger partial charge in [0.05, 0.1) is 17.9 Å². The number of nitrogens with zero attached hydrogens (tertiary/aromatic N) is 1. The average molecular weight is 391 g/mol. The highest BCUT2D eigenvalue weighted by Crippen LogP contribution is 2.19. The molecule has 0 aliphatic heterocycles. The maximum Gasteiger partial charge on any atom is 0.243 e. The van der Waals surface area contributed by atoms with Gasteiger partial charge in [0.1, 0.15) is 5.75 Å². The number of hydrogen-bond acceptors (Lipinski definition) is 4. The van der Waals surface area contributed by atoms with E-state index >= 15 is 0 Å². The van der Waals surface area contributed by atoms with Gasteiger partial charge < -0.3 is 10.1 Å². The summed E-state index contributed by atoms with van der Waals surface area (Å²) in [7, 11) is -1.99. The molecule has 2 rings (SSSR count). The zero-order chi connectivity index (χ0) is 20.0. The first-order valence-electron chi connectivity index (χ1n) is 8.78. The van der Waals surface area contributed by atoms with Crippen LogP contribution in [0.15, 0.2) is 53.4 Å². The van der Waals surface area contributed by atoms with Crippen molar-refractivity contribution in [2.75, 3.05) is 19.0 Å². The molecule has 7 heteroatoms. The number of sulfonamides is 1. The minimum atomic E-state index is -3.53. The standard InChI is InChI=1S/C20H26N2O4S/c1-15(2)22(4)27(24,25)18-11-9-17(10-12-18)21-20(23)13-14-26-19-8-6-5-7-16(19)3/h5-12,15H,13-14H2,1-4H3,(H,21,23). The fraction of sp³-hybridized carbons (Fsp3) is 0.350. The fourth-order valence-electron chi connectivity index (χ4n) is 2.35. The molecule has 0 aromatic heterocycles. The van der Waals surface area contributed by atoms with Crippen molar-refractivity contribution >= 4 is 21.6 Å². The third kappa shape index (κ3) is 5.55. The number of benzene rings is 2. The smallest absolute Gasteiger partial charge is 0.243 e. The van der Waals surface area contributed by atoms with Gasteiger partial charge in [-0.15, -0.1) is 0 Å². The van der Waals surface area contributed by atoms with Crippen LogP contribution in [0.5, 0.6) is 5.75 Å². The van der Waals surface area contributed by atoms with E-state index in [-0.39, 0.29) is 29.9 Å². The normalized spacial score (nSPS) is 11.6. The van der Waals surface area contributed by atoms with Crippen molar-refractivity contribution in [3.05, 3.63) is 54.1 Å². The second kappa shape index (κ2) is 9.01. The van der Waals surface area contributed by atoms with E-state index in [4.69, 9.17) is 4.74 Å². The van der Waals surface area contributed by atoms with Gasteiger partial charge in [0.2, 0.25) is 15.9 Å². The summed E-state index contributed by atoms with van der Waals surface area (Å²) >= 11 is 0. The number of hydrogen-bond donors (Lipinski definition) is 1. The first-order valence-corrected chi connectivity index (χ1v) is 10.2. The van der Waals surface area contributed by atoms with Crippen molar-refractivity contribution in [3.8, 4) is 5.75 Å². The molecule has 0 heterocycles. The quantitative estimate of drug-likeness (QED) is 0.749. The van der Waals surface area contributed by atoms with E-state index in [0.717, 1.165) is 11.3 Å². The first kappa shape index (κ1) is 20.9. The molecule has 2 aromatic carbocycles. The van der Waals surface area contributed by atoms with Gasteiger partial charge in [0.15, 0.2) is 0 Å². The van der Waals surface area contributed by atoms with Crippen molar-refractivity contribution in [1.29, 1.82) is 0 Å². The van der Waals surface area contributed by atoms with Crippen LogP contribution in [0.4, 0.5) is 5.69 Å². The number of para-hydroxylation sites is 1. The molecule has 0 saturated carbocycles. The summed E-state index contributed by atoms with van der Waals surface area (Å²) in [6.45, 7) is 5.83. The Morgan fingerprint density at radius 3 is 2.33 bits per heavy atom. The largest absolute Gasteiger partial charge is 0.493 e. The molecular formula is C20H26N2O4S. The molecule has 0 aliphatic rings. The van der Waals surface area contributed by atoms with E-state index < -0.39 is 10.0 Å². The molecule has 6 nitrogen and oxygen atoms in total. The van der Waals surface area contributed by atoms with Crippen LogP contribution in [0, 0.1) is 6.92 Å². The van der Waals surface area contributed by atoms with Gasteiger partial charge in [-0.3, -0.25) is 4.79 Å². The molecule has 0 fully saturated rings. The van der Waals surface area contributed by atoms with Crippen molar-refractivity contribution < 1.29 is 17.9 Å². The fourth-order valence-corrected chi connectivity index (χ4v) is 3.72. The minimum absolute atomic E-state index is 0.136. The molecule has 0 bridgehead atoms. The zero-order valence-electron chi connectivity index (χ0n) is 16.1. The Morgan fingerprint density at radius 1 is 1.11 bits per heavy atom. The second-order valence-electron chi connectivity index (χ2n) is 6.55. The molecule has 0 unspecified atom stereocenters. The van der Waals surface area contributed by atoms with Crippen LogP contribution in [0.1, 0.15) is 25.8 Å². The third-order valence-electron chi connectivity index (χ3n) is 4.22. The number of carbonyl (C=O) groups excluding carboxylic acids is 1.